The first kappa shape index (κ1) is 16.1. The number of hydrogen-bond acceptors (Lipinski definition) is 3. The topological polar surface area (TPSA) is 75.3 Å². The molecule has 0 aliphatic carbocycles. The van der Waals surface area contributed by atoms with E-state index in [0.29, 0.717) is 11.3 Å². The number of rotatable bonds is 5. The summed E-state index contributed by atoms with van der Waals surface area (Å²) in [4.78, 5) is 11.8. The number of carbonyl (C=O) groups is 1. The fraction of sp³-hybridized carbons (Fsp3) is 0.214. The molecule has 108 valence electrons. The Kier molecular flexibility index (Phi) is 5.66. The minimum absolute atomic E-state index is 0.148. The van der Waals surface area contributed by atoms with Gasteiger partial charge in [-0.05, 0) is 38.6 Å². The molecule has 1 aromatic carbocycles. The van der Waals surface area contributed by atoms with Gasteiger partial charge in [0.05, 0.1) is 4.90 Å². The molecule has 0 spiro atoms. The average molecular weight is 294 g/mol. The summed E-state index contributed by atoms with van der Waals surface area (Å²) in [6.07, 6.45) is 6.50. The lowest BCUT2D eigenvalue weighted by Gasteiger charge is -2.09. The van der Waals surface area contributed by atoms with Gasteiger partial charge in [-0.1, -0.05) is 24.3 Å². The van der Waals surface area contributed by atoms with Gasteiger partial charge in [0.15, 0.2) is 0 Å². The van der Waals surface area contributed by atoms with Gasteiger partial charge in [0.25, 0.3) is 0 Å². The second-order valence-electron chi connectivity index (χ2n) is 4.06. The third-order valence-corrected chi connectivity index (χ3v) is 4.12. The fourth-order valence-corrected chi connectivity index (χ4v) is 2.51. The SMILES string of the molecule is C/C=C/C=C/C(=O)Nc1ccc(C)c(S(=O)(=O)NC)c1. The maximum Gasteiger partial charge on any atom is 0.248 e. The van der Waals surface area contributed by atoms with Gasteiger partial charge in [0.2, 0.25) is 15.9 Å². The molecule has 1 rings (SSSR count). The normalized spacial score (nSPS) is 12.2. The Balaban J connectivity index is 3.00. The zero-order valence-electron chi connectivity index (χ0n) is 11.7. The average Bonchev–Trinajstić information content (AvgIpc) is 2.41. The number of allylic oxidation sites excluding steroid dienone is 3. The zero-order valence-corrected chi connectivity index (χ0v) is 12.5. The molecule has 1 aromatic rings. The van der Waals surface area contributed by atoms with E-state index in [4.69, 9.17) is 0 Å². The molecule has 6 heteroatoms. The Morgan fingerprint density at radius 2 is 1.95 bits per heavy atom. The standard InChI is InChI=1S/C14H18N2O3S/c1-4-5-6-7-14(17)16-12-9-8-11(2)13(10-12)20(18,19)15-3/h4-10,15H,1-3H3,(H,16,17)/b5-4+,7-6+. The van der Waals surface area contributed by atoms with Gasteiger partial charge in [-0.3, -0.25) is 4.79 Å². The fourth-order valence-electron chi connectivity index (χ4n) is 1.52. The molecule has 0 aliphatic heterocycles. The van der Waals surface area contributed by atoms with Gasteiger partial charge in [-0.2, -0.15) is 0 Å². The highest BCUT2D eigenvalue weighted by atomic mass is 32.2. The van der Waals surface area contributed by atoms with Gasteiger partial charge in [-0.15, -0.1) is 0 Å². The molecule has 0 aromatic heterocycles. The number of aryl methyl sites for hydroxylation is 1. The monoisotopic (exact) mass is 294 g/mol. The van der Waals surface area contributed by atoms with Crippen molar-refractivity contribution in [1.29, 1.82) is 0 Å². The van der Waals surface area contributed by atoms with Crippen LogP contribution in [0.4, 0.5) is 5.69 Å². The number of anilines is 1. The quantitative estimate of drug-likeness (QED) is 0.644. The second kappa shape index (κ2) is 7.02. The van der Waals surface area contributed by atoms with Gasteiger partial charge in [-0.25, -0.2) is 13.1 Å². The van der Waals surface area contributed by atoms with Crippen LogP contribution in [0, 0.1) is 6.92 Å². The first-order valence-electron chi connectivity index (χ1n) is 6.05. The predicted octanol–water partition coefficient (Wildman–Crippen LogP) is 1.97. The molecule has 20 heavy (non-hydrogen) atoms. The molecular formula is C14H18N2O3S. The Morgan fingerprint density at radius 3 is 2.55 bits per heavy atom. The molecule has 0 fully saturated rings. The zero-order chi connectivity index (χ0) is 15.2. The number of hydrogen-bond donors (Lipinski definition) is 2. The maximum atomic E-state index is 11.8. The number of nitrogens with one attached hydrogen (secondary N) is 2. The van der Waals surface area contributed by atoms with E-state index in [1.165, 1.54) is 19.2 Å². The first-order valence-corrected chi connectivity index (χ1v) is 7.53. The molecule has 0 atom stereocenters. The van der Waals surface area contributed by atoms with Crippen molar-refractivity contribution in [3.8, 4) is 0 Å². The van der Waals surface area contributed by atoms with Crippen molar-refractivity contribution >= 4 is 21.6 Å². The van der Waals surface area contributed by atoms with E-state index >= 15 is 0 Å². The lowest BCUT2D eigenvalue weighted by molar-refractivity contribution is -0.111. The second-order valence-corrected chi connectivity index (χ2v) is 5.92. The molecule has 0 saturated heterocycles. The van der Waals surface area contributed by atoms with Gasteiger partial charge in [0.1, 0.15) is 0 Å². The summed E-state index contributed by atoms with van der Waals surface area (Å²) in [7, 11) is -2.19. The molecule has 0 bridgehead atoms. The summed E-state index contributed by atoms with van der Waals surface area (Å²) in [5, 5.41) is 2.61. The van der Waals surface area contributed by atoms with Crippen LogP contribution in [0.15, 0.2) is 47.4 Å². The van der Waals surface area contributed by atoms with Gasteiger partial charge < -0.3 is 5.32 Å². The highest BCUT2D eigenvalue weighted by molar-refractivity contribution is 7.89. The van der Waals surface area contributed by atoms with E-state index in [2.05, 4.69) is 10.0 Å². The highest BCUT2D eigenvalue weighted by Gasteiger charge is 2.15. The summed E-state index contributed by atoms with van der Waals surface area (Å²) >= 11 is 0. The van der Waals surface area contributed by atoms with E-state index in [9.17, 15) is 13.2 Å². The molecule has 1 amide bonds. The minimum atomic E-state index is -3.54. The van der Waals surface area contributed by atoms with Gasteiger partial charge >= 0.3 is 0 Å². The number of carbonyl (C=O) groups excluding carboxylic acids is 1. The molecular weight excluding hydrogens is 276 g/mol. The van der Waals surface area contributed by atoms with Crippen LogP contribution >= 0.6 is 0 Å². The van der Waals surface area contributed by atoms with Crippen LogP contribution in [0.25, 0.3) is 0 Å². The summed E-state index contributed by atoms with van der Waals surface area (Å²) < 4.78 is 25.9. The van der Waals surface area contributed by atoms with Gasteiger partial charge in [0, 0.05) is 11.8 Å². The molecule has 5 nitrogen and oxygen atoms in total. The third-order valence-electron chi connectivity index (χ3n) is 2.57. The molecule has 0 saturated carbocycles. The van der Waals surface area contributed by atoms with Crippen LogP contribution in [0.5, 0.6) is 0 Å². The summed E-state index contributed by atoms with van der Waals surface area (Å²) in [5.41, 5.74) is 1.04. The van der Waals surface area contributed by atoms with Crippen molar-refractivity contribution in [2.24, 2.45) is 0 Å². The van der Waals surface area contributed by atoms with Crippen molar-refractivity contribution in [1.82, 2.24) is 4.72 Å². The van der Waals surface area contributed by atoms with Crippen molar-refractivity contribution < 1.29 is 13.2 Å². The van der Waals surface area contributed by atoms with Crippen LogP contribution < -0.4 is 10.0 Å². The molecule has 2 N–H and O–H groups in total. The third kappa shape index (κ3) is 4.32. The summed E-state index contributed by atoms with van der Waals surface area (Å²) in [5.74, 6) is -0.320. The van der Waals surface area contributed by atoms with Crippen molar-refractivity contribution in [3.05, 3.63) is 48.1 Å². The smallest absolute Gasteiger partial charge is 0.248 e. The number of benzene rings is 1. The van der Waals surface area contributed by atoms with Crippen LogP contribution in [-0.2, 0) is 14.8 Å². The van der Waals surface area contributed by atoms with Crippen molar-refractivity contribution in [2.75, 3.05) is 12.4 Å². The molecule has 0 radical (unpaired) electrons. The van der Waals surface area contributed by atoms with E-state index in [0.717, 1.165) is 0 Å². The van der Waals surface area contributed by atoms with E-state index in [1.807, 2.05) is 6.92 Å². The Bertz CT molecular complexity index is 646. The predicted molar refractivity (Wildman–Crippen MR) is 80.0 cm³/mol. The van der Waals surface area contributed by atoms with E-state index < -0.39 is 10.0 Å². The Labute approximate surface area is 119 Å². The summed E-state index contributed by atoms with van der Waals surface area (Å²) in [6.45, 7) is 3.54. The number of sulfonamides is 1. The Hall–Kier alpha value is -1.92. The van der Waals surface area contributed by atoms with Crippen LogP contribution in [0.3, 0.4) is 0 Å². The lowest BCUT2D eigenvalue weighted by atomic mass is 10.2. The maximum absolute atomic E-state index is 11.8. The van der Waals surface area contributed by atoms with Crippen molar-refractivity contribution in [2.45, 2.75) is 18.7 Å². The van der Waals surface area contributed by atoms with Crippen molar-refractivity contribution in [3.63, 3.8) is 0 Å². The lowest BCUT2D eigenvalue weighted by Crippen LogP contribution is -2.20. The number of amides is 1. The van der Waals surface area contributed by atoms with Crippen LogP contribution in [0.1, 0.15) is 12.5 Å². The molecule has 0 unspecified atom stereocenters. The van der Waals surface area contributed by atoms with E-state index in [-0.39, 0.29) is 10.8 Å². The van der Waals surface area contributed by atoms with E-state index in [1.54, 1.807) is 37.3 Å². The first-order chi connectivity index (χ1) is 9.40. The Morgan fingerprint density at radius 1 is 1.25 bits per heavy atom. The minimum Gasteiger partial charge on any atom is -0.322 e. The summed E-state index contributed by atoms with van der Waals surface area (Å²) in [6, 6.07) is 4.74. The van der Waals surface area contributed by atoms with Crippen LogP contribution in [-0.4, -0.2) is 21.4 Å². The van der Waals surface area contributed by atoms with Crippen LogP contribution in [0.2, 0.25) is 0 Å². The largest absolute Gasteiger partial charge is 0.322 e. The molecule has 0 heterocycles. The highest BCUT2D eigenvalue weighted by Crippen LogP contribution is 2.19. The molecule has 0 aliphatic rings.